The van der Waals surface area contributed by atoms with Gasteiger partial charge in [-0.2, -0.15) is 0 Å². The van der Waals surface area contributed by atoms with E-state index in [1.165, 1.54) is 19.3 Å². The van der Waals surface area contributed by atoms with E-state index in [2.05, 4.69) is 39.6 Å². The quantitative estimate of drug-likeness (QED) is 0.798. The van der Waals surface area contributed by atoms with E-state index < -0.39 is 0 Å². The summed E-state index contributed by atoms with van der Waals surface area (Å²) in [6.45, 7) is 9.05. The van der Waals surface area contributed by atoms with Crippen LogP contribution >= 0.6 is 0 Å². The van der Waals surface area contributed by atoms with Gasteiger partial charge >= 0.3 is 0 Å². The first-order valence-corrected chi connectivity index (χ1v) is 6.87. The van der Waals surface area contributed by atoms with Gasteiger partial charge in [0, 0.05) is 12.1 Å². The van der Waals surface area contributed by atoms with Gasteiger partial charge in [-0.25, -0.2) is 0 Å². The lowest BCUT2D eigenvalue weighted by atomic mass is 9.77. The van der Waals surface area contributed by atoms with Crippen LogP contribution in [0.1, 0.15) is 53.4 Å². The minimum atomic E-state index is -0.136. The summed E-state index contributed by atoms with van der Waals surface area (Å²) in [5, 5.41) is 10.3. The van der Waals surface area contributed by atoms with Gasteiger partial charge in [-0.05, 0) is 45.1 Å². The van der Waals surface area contributed by atoms with E-state index in [1.807, 2.05) is 0 Å². The first-order valence-electron chi connectivity index (χ1n) is 6.87. The molecule has 1 fully saturated rings. The van der Waals surface area contributed by atoms with Gasteiger partial charge in [0.2, 0.25) is 0 Å². The Morgan fingerprint density at radius 2 is 1.94 bits per heavy atom. The maximum atomic E-state index is 10.3. The van der Waals surface area contributed by atoms with Gasteiger partial charge < -0.3 is 5.11 Å². The second-order valence-electron chi connectivity index (χ2n) is 5.91. The first-order chi connectivity index (χ1) is 7.47. The van der Waals surface area contributed by atoms with Crippen LogP contribution in [0.3, 0.4) is 0 Å². The summed E-state index contributed by atoms with van der Waals surface area (Å²) in [6.07, 6.45) is 4.53. The molecule has 1 N–H and O–H groups in total. The van der Waals surface area contributed by atoms with Crippen molar-refractivity contribution in [2.45, 2.75) is 71.6 Å². The van der Waals surface area contributed by atoms with Gasteiger partial charge in [-0.15, -0.1) is 0 Å². The number of nitrogens with zero attached hydrogens (tertiary/aromatic N) is 1. The fourth-order valence-electron chi connectivity index (χ4n) is 3.39. The zero-order chi connectivity index (χ0) is 12.3. The number of hydrogen-bond acceptors (Lipinski definition) is 2. The number of hydrogen-bond donors (Lipinski definition) is 1. The van der Waals surface area contributed by atoms with Crippen LogP contribution in [-0.2, 0) is 0 Å². The van der Waals surface area contributed by atoms with E-state index >= 15 is 0 Å². The third-order valence-electron chi connectivity index (χ3n) is 4.27. The Morgan fingerprint density at radius 1 is 1.31 bits per heavy atom. The number of likely N-dealkylation sites (N-methyl/N-ethyl adjacent to an activating group) is 1. The van der Waals surface area contributed by atoms with E-state index in [1.54, 1.807) is 0 Å². The molecular weight excluding hydrogens is 198 g/mol. The lowest BCUT2D eigenvalue weighted by Crippen LogP contribution is -2.52. The first kappa shape index (κ1) is 14.0. The minimum absolute atomic E-state index is 0.136. The topological polar surface area (TPSA) is 23.5 Å². The normalized spacial score (nSPS) is 37.7. The Morgan fingerprint density at radius 3 is 2.44 bits per heavy atom. The Kier molecular flexibility index (Phi) is 5.26. The van der Waals surface area contributed by atoms with Gasteiger partial charge in [0.1, 0.15) is 0 Å². The molecule has 2 nitrogen and oxygen atoms in total. The lowest BCUT2D eigenvalue weighted by Gasteiger charge is -2.44. The largest absolute Gasteiger partial charge is 0.391 e. The van der Waals surface area contributed by atoms with Crippen molar-refractivity contribution >= 4 is 0 Å². The number of aliphatic hydroxyl groups excluding tert-OH is 1. The summed E-state index contributed by atoms with van der Waals surface area (Å²) in [4.78, 5) is 2.41. The van der Waals surface area contributed by atoms with E-state index in [0.29, 0.717) is 23.9 Å². The molecule has 0 heterocycles. The molecule has 0 aromatic rings. The van der Waals surface area contributed by atoms with Crippen molar-refractivity contribution in [1.29, 1.82) is 0 Å². The van der Waals surface area contributed by atoms with E-state index in [4.69, 9.17) is 0 Å². The second-order valence-corrected chi connectivity index (χ2v) is 5.91. The summed E-state index contributed by atoms with van der Waals surface area (Å²) in [5.74, 6) is 1.29. The maximum absolute atomic E-state index is 10.3. The van der Waals surface area contributed by atoms with Gasteiger partial charge in [-0.3, -0.25) is 4.90 Å². The average Bonchev–Trinajstić information content (AvgIpc) is 2.16. The third-order valence-corrected chi connectivity index (χ3v) is 4.27. The van der Waals surface area contributed by atoms with Crippen molar-refractivity contribution in [2.75, 3.05) is 7.05 Å². The van der Waals surface area contributed by atoms with Crippen LogP contribution < -0.4 is 0 Å². The molecule has 5 atom stereocenters. The average molecular weight is 227 g/mol. The van der Waals surface area contributed by atoms with Crippen LogP contribution in [0.2, 0.25) is 0 Å². The van der Waals surface area contributed by atoms with Crippen molar-refractivity contribution < 1.29 is 5.11 Å². The van der Waals surface area contributed by atoms with Gasteiger partial charge in [0.25, 0.3) is 0 Å². The van der Waals surface area contributed by atoms with Crippen molar-refractivity contribution in [3.8, 4) is 0 Å². The molecule has 16 heavy (non-hydrogen) atoms. The summed E-state index contributed by atoms with van der Waals surface area (Å²) in [6, 6.07) is 0.943. The Hall–Kier alpha value is -0.0800. The molecule has 0 aromatic heterocycles. The standard InChI is InChI=1S/C14H29NO/c1-6-7-12(4)15(5)14-11(3)8-10(2)9-13(14)16/h10-14,16H,6-9H2,1-5H3. The predicted octanol–water partition coefficient (Wildman–Crippen LogP) is 2.90. The molecule has 0 bridgehead atoms. The molecule has 1 rings (SSSR count). The van der Waals surface area contributed by atoms with E-state index in [-0.39, 0.29) is 6.10 Å². The van der Waals surface area contributed by atoms with Crippen molar-refractivity contribution in [3.63, 3.8) is 0 Å². The van der Waals surface area contributed by atoms with Crippen LogP contribution in [0.5, 0.6) is 0 Å². The molecule has 1 aliphatic rings. The summed E-state index contributed by atoms with van der Waals surface area (Å²) >= 11 is 0. The predicted molar refractivity (Wildman–Crippen MR) is 69.5 cm³/mol. The van der Waals surface area contributed by atoms with Crippen LogP contribution in [0, 0.1) is 11.8 Å². The molecular formula is C14H29NO. The van der Waals surface area contributed by atoms with Gasteiger partial charge in [0.05, 0.1) is 6.10 Å². The third kappa shape index (κ3) is 3.21. The molecule has 0 amide bonds. The molecule has 2 heteroatoms. The van der Waals surface area contributed by atoms with Crippen LogP contribution in [0.4, 0.5) is 0 Å². The summed E-state index contributed by atoms with van der Waals surface area (Å²) in [7, 11) is 2.18. The van der Waals surface area contributed by atoms with E-state index in [9.17, 15) is 5.11 Å². The maximum Gasteiger partial charge on any atom is 0.0700 e. The van der Waals surface area contributed by atoms with Crippen LogP contribution in [0.25, 0.3) is 0 Å². The van der Waals surface area contributed by atoms with E-state index in [0.717, 1.165) is 6.42 Å². The van der Waals surface area contributed by atoms with Crippen molar-refractivity contribution in [3.05, 3.63) is 0 Å². The zero-order valence-corrected chi connectivity index (χ0v) is 11.6. The van der Waals surface area contributed by atoms with Gasteiger partial charge in [-0.1, -0.05) is 27.2 Å². The molecule has 0 saturated heterocycles. The Labute approximate surface area is 101 Å². The monoisotopic (exact) mass is 227 g/mol. The lowest BCUT2D eigenvalue weighted by molar-refractivity contribution is -0.0286. The molecule has 5 unspecified atom stereocenters. The second kappa shape index (κ2) is 6.02. The Balaban J connectivity index is 2.62. The zero-order valence-electron chi connectivity index (χ0n) is 11.6. The van der Waals surface area contributed by atoms with Crippen LogP contribution in [0.15, 0.2) is 0 Å². The van der Waals surface area contributed by atoms with Crippen molar-refractivity contribution in [2.24, 2.45) is 11.8 Å². The molecule has 1 aliphatic carbocycles. The fourth-order valence-corrected chi connectivity index (χ4v) is 3.39. The van der Waals surface area contributed by atoms with Gasteiger partial charge in [0.15, 0.2) is 0 Å². The molecule has 0 radical (unpaired) electrons. The SMILES string of the molecule is CCCC(C)N(C)C1C(C)CC(C)CC1O. The summed E-state index contributed by atoms with van der Waals surface area (Å²) < 4.78 is 0. The molecule has 96 valence electrons. The highest BCUT2D eigenvalue weighted by Gasteiger charge is 2.36. The molecule has 0 aliphatic heterocycles. The number of rotatable bonds is 4. The fraction of sp³-hybridized carbons (Fsp3) is 1.00. The number of aliphatic hydroxyl groups is 1. The highest BCUT2D eigenvalue weighted by Crippen LogP contribution is 2.32. The smallest absolute Gasteiger partial charge is 0.0700 e. The highest BCUT2D eigenvalue weighted by molar-refractivity contribution is 4.90. The minimum Gasteiger partial charge on any atom is -0.391 e. The molecule has 0 spiro atoms. The molecule has 0 aromatic carbocycles. The highest BCUT2D eigenvalue weighted by atomic mass is 16.3. The summed E-state index contributed by atoms with van der Waals surface area (Å²) in [5.41, 5.74) is 0. The van der Waals surface area contributed by atoms with Crippen molar-refractivity contribution in [1.82, 2.24) is 4.90 Å². The Bertz CT molecular complexity index is 195. The molecule has 1 saturated carbocycles. The van der Waals surface area contributed by atoms with Crippen LogP contribution in [-0.4, -0.2) is 35.2 Å².